The van der Waals surface area contributed by atoms with Gasteiger partial charge in [-0.2, -0.15) is 13.2 Å². The fraction of sp³-hybridized carbons (Fsp3) is 0.316. The number of anilines is 1. The van der Waals surface area contributed by atoms with Crippen molar-refractivity contribution in [3.63, 3.8) is 0 Å². The first-order valence-corrected chi connectivity index (χ1v) is 9.35. The number of carbonyl (C=O) groups is 2. The lowest BCUT2D eigenvalue weighted by Gasteiger charge is -2.28. The zero-order chi connectivity index (χ0) is 21.4. The third-order valence-corrected chi connectivity index (χ3v) is 5.31. The number of benzene rings is 1. The number of halogens is 3. The van der Waals surface area contributed by atoms with E-state index in [1.54, 1.807) is 26.1 Å². The van der Waals surface area contributed by atoms with Gasteiger partial charge in [-0.05, 0) is 55.9 Å². The lowest BCUT2D eigenvalue weighted by Crippen LogP contribution is -2.43. The van der Waals surface area contributed by atoms with E-state index in [9.17, 15) is 22.8 Å². The van der Waals surface area contributed by atoms with E-state index in [-0.39, 0.29) is 28.9 Å². The molecule has 1 aliphatic rings. The summed E-state index contributed by atoms with van der Waals surface area (Å²) < 4.78 is 42.8. The first-order valence-electron chi connectivity index (χ1n) is 8.53. The number of amides is 3. The highest BCUT2D eigenvalue weighted by atomic mass is 32.2. The third-order valence-electron chi connectivity index (χ3n) is 4.57. The minimum absolute atomic E-state index is 0.0296. The molecule has 1 aromatic carbocycles. The van der Waals surface area contributed by atoms with Gasteiger partial charge in [-0.3, -0.25) is 9.78 Å². The van der Waals surface area contributed by atoms with Crippen LogP contribution in [0, 0.1) is 0 Å². The lowest BCUT2D eigenvalue weighted by molar-refractivity contribution is -0.123. The van der Waals surface area contributed by atoms with Gasteiger partial charge in [0.15, 0.2) is 0 Å². The summed E-state index contributed by atoms with van der Waals surface area (Å²) in [6.45, 7) is 3.35. The van der Waals surface area contributed by atoms with E-state index in [2.05, 4.69) is 4.98 Å². The second kappa shape index (κ2) is 7.58. The van der Waals surface area contributed by atoms with Crippen LogP contribution in [0.25, 0.3) is 0 Å². The summed E-state index contributed by atoms with van der Waals surface area (Å²) in [5.41, 5.74) is -4.67. The lowest BCUT2D eigenvalue weighted by atomic mass is 10.0. The normalized spacial score (nSPS) is 16.5. The number of hydrogen-bond donors (Lipinski definition) is 0. The maximum absolute atomic E-state index is 13.0. The molecule has 2 aromatic rings. The molecule has 0 aliphatic carbocycles. The summed E-state index contributed by atoms with van der Waals surface area (Å²) in [6.07, 6.45) is 3.07. The van der Waals surface area contributed by atoms with E-state index in [1.165, 1.54) is 42.5 Å². The monoisotopic (exact) mass is 425 g/mol. The van der Waals surface area contributed by atoms with Crippen molar-refractivity contribution in [2.45, 2.75) is 36.3 Å². The van der Waals surface area contributed by atoms with E-state index >= 15 is 0 Å². The number of thioether (sulfide) groups is 1. The van der Waals surface area contributed by atoms with Crippen molar-refractivity contribution in [1.82, 2.24) is 9.88 Å². The molecule has 2 heterocycles. The first-order chi connectivity index (χ1) is 13.5. The number of urea groups is 1. The summed E-state index contributed by atoms with van der Waals surface area (Å²) in [6, 6.07) is 6.26. The third kappa shape index (κ3) is 4.16. The van der Waals surface area contributed by atoms with Crippen molar-refractivity contribution < 1.29 is 27.5 Å². The molecule has 0 saturated carbocycles. The van der Waals surface area contributed by atoms with Gasteiger partial charge in [-0.25, -0.2) is 9.69 Å². The summed E-state index contributed by atoms with van der Waals surface area (Å²) in [7, 11) is 1.48. The van der Waals surface area contributed by atoms with Gasteiger partial charge in [-0.1, -0.05) is 0 Å². The van der Waals surface area contributed by atoms with Crippen molar-refractivity contribution in [2.24, 2.45) is 0 Å². The molecule has 29 heavy (non-hydrogen) atoms. The Morgan fingerprint density at radius 2 is 1.79 bits per heavy atom. The minimum Gasteiger partial charge on any atom is -0.495 e. The molecule has 0 atom stereocenters. The van der Waals surface area contributed by atoms with Crippen LogP contribution >= 0.6 is 11.8 Å². The molecule has 1 aromatic heterocycles. The molecule has 10 heteroatoms. The first kappa shape index (κ1) is 21.0. The molecule has 0 spiro atoms. The smallest absolute Gasteiger partial charge is 0.446 e. The molecule has 154 valence electrons. The van der Waals surface area contributed by atoms with E-state index in [0.29, 0.717) is 11.3 Å². The summed E-state index contributed by atoms with van der Waals surface area (Å²) in [4.78, 5) is 32.3. The number of nitrogens with zero attached hydrogens (tertiary/aromatic N) is 3. The Balaban J connectivity index is 1.88. The molecule has 0 unspecified atom stereocenters. The number of aromatic nitrogens is 1. The second-order valence-electron chi connectivity index (χ2n) is 6.80. The average molecular weight is 425 g/mol. The van der Waals surface area contributed by atoms with Gasteiger partial charge in [0.1, 0.15) is 11.3 Å². The highest BCUT2D eigenvalue weighted by molar-refractivity contribution is 8.00. The van der Waals surface area contributed by atoms with Crippen LogP contribution in [-0.4, -0.2) is 40.0 Å². The van der Waals surface area contributed by atoms with Crippen molar-refractivity contribution in [3.05, 3.63) is 48.3 Å². The Kier molecular flexibility index (Phi) is 5.48. The highest BCUT2D eigenvalue weighted by Crippen LogP contribution is 2.39. The Morgan fingerprint density at radius 3 is 2.38 bits per heavy atom. The quantitative estimate of drug-likeness (QED) is 0.523. The zero-order valence-corrected chi connectivity index (χ0v) is 16.7. The molecule has 0 radical (unpaired) electrons. The molecule has 3 amide bonds. The predicted octanol–water partition coefficient (Wildman–Crippen LogP) is 4.45. The fourth-order valence-electron chi connectivity index (χ4n) is 3.02. The molecule has 0 bridgehead atoms. The fourth-order valence-corrected chi connectivity index (χ4v) is 3.56. The zero-order valence-electron chi connectivity index (χ0n) is 15.9. The number of alkyl halides is 3. The highest BCUT2D eigenvalue weighted by Gasteiger charge is 2.51. The molecule has 3 rings (SSSR count). The Bertz CT molecular complexity index is 932. The van der Waals surface area contributed by atoms with Crippen LogP contribution in [0.4, 0.5) is 23.7 Å². The second-order valence-corrected chi connectivity index (χ2v) is 7.94. The van der Waals surface area contributed by atoms with Crippen molar-refractivity contribution in [3.8, 4) is 5.75 Å². The predicted molar refractivity (Wildman–Crippen MR) is 102 cm³/mol. The van der Waals surface area contributed by atoms with E-state index in [0.717, 1.165) is 4.90 Å². The molecular weight excluding hydrogens is 407 g/mol. The van der Waals surface area contributed by atoms with Gasteiger partial charge < -0.3 is 9.64 Å². The van der Waals surface area contributed by atoms with Gasteiger partial charge in [0, 0.05) is 16.7 Å². The van der Waals surface area contributed by atoms with Crippen molar-refractivity contribution >= 4 is 29.4 Å². The number of ether oxygens (including phenoxy) is 1. The van der Waals surface area contributed by atoms with Crippen LogP contribution in [0.1, 0.15) is 19.4 Å². The number of pyridine rings is 1. The maximum Gasteiger partial charge on any atom is 0.446 e. The molecule has 0 N–H and O–H groups in total. The van der Waals surface area contributed by atoms with E-state index < -0.39 is 23.0 Å². The van der Waals surface area contributed by atoms with Crippen LogP contribution in [0.3, 0.4) is 0 Å². The van der Waals surface area contributed by atoms with Crippen molar-refractivity contribution in [1.29, 1.82) is 0 Å². The van der Waals surface area contributed by atoms with E-state index in [1.807, 2.05) is 0 Å². The topological polar surface area (TPSA) is 62.7 Å². The molecule has 1 fully saturated rings. The Labute approximate surface area is 169 Å². The largest absolute Gasteiger partial charge is 0.495 e. The Morgan fingerprint density at radius 1 is 1.14 bits per heavy atom. The van der Waals surface area contributed by atoms with Gasteiger partial charge in [0.25, 0.3) is 5.91 Å². The number of methoxy groups -OCH3 is 1. The maximum atomic E-state index is 13.0. The van der Waals surface area contributed by atoms with Crippen LogP contribution in [0.5, 0.6) is 5.75 Å². The number of carbonyl (C=O) groups excluding carboxylic acids is 2. The van der Waals surface area contributed by atoms with E-state index in [4.69, 9.17) is 4.74 Å². The Hall–Kier alpha value is -2.75. The van der Waals surface area contributed by atoms with Gasteiger partial charge >= 0.3 is 11.5 Å². The van der Waals surface area contributed by atoms with Crippen LogP contribution in [-0.2, 0) is 11.3 Å². The molecule has 1 saturated heterocycles. The van der Waals surface area contributed by atoms with Crippen LogP contribution in [0.15, 0.2) is 47.6 Å². The molecule has 6 nitrogen and oxygen atoms in total. The number of hydrogen-bond acceptors (Lipinski definition) is 5. The summed E-state index contributed by atoms with van der Waals surface area (Å²) in [5.74, 6) is 0.0160. The molecular formula is C19H18F3N3O3S. The molecule has 1 aliphatic heterocycles. The SMILES string of the molecule is COc1cnccc1CN1C(=O)N(c2ccc(SC(F)(F)F)cc2)C(=O)C1(C)C. The van der Waals surface area contributed by atoms with Gasteiger partial charge in [-0.15, -0.1) is 0 Å². The summed E-state index contributed by atoms with van der Waals surface area (Å²) >= 11 is -0.259. The van der Waals surface area contributed by atoms with Gasteiger partial charge in [0.2, 0.25) is 0 Å². The van der Waals surface area contributed by atoms with Gasteiger partial charge in [0.05, 0.1) is 25.5 Å². The van der Waals surface area contributed by atoms with Crippen LogP contribution < -0.4 is 9.64 Å². The number of imide groups is 1. The average Bonchev–Trinajstić information content (AvgIpc) is 2.81. The summed E-state index contributed by atoms with van der Waals surface area (Å²) in [5, 5.41) is 0. The standard InChI is InChI=1S/C19H18F3N3O3S/c1-18(2)16(26)25(13-4-6-14(7-5-13)29-19(20,21)22)17(27)24(18)11-12-8-9-23-10-15(12)28-3/h4-10H,11H2,1-3H3. The minimum atomic E-state index is -4.41. The number of rotatable bonds is 5. The van der Waals surface area contributed by atoms with Crippen molar-refractivity contribution in [2.75, 3.05) is 12.0 Å². The van der Waals surface area contributed by atoms with Crippen LogP contribution in [0.2, 0.25) is 0 Å².